The minimum absolute atomic E-state index is 0.204. The number of fused-ring (bicyclic) bond motifs is 5. The molecular weight excluding hydrogens is 435 g/mol. The van der Waals surface area contributed by atoms with Crippen molar-refractivity contribution in [2.45, 2.75) is 19.4 Å². The Hall–Kier alpha value is -3.16. The first-order valence-corrected chi connectivity index (χ1v) is 10.6. The van der Waals surface area contributed by atoms with Crippen LogP contribution in [0.15, 0.2) is 53.9 Å². The van der Waals surface area contributed by atoms with Crippen molar-refractivity contribution in [3.05, 3.63) is 87.2 Å². The predicted octanol–water partition coefficient (Wildman–Crippen LogP) is 4.49. The first-order chi connectivity index (χ1) is 15.1. The molecular formula is C22H16Cl2N6O. The van der Waals surface area contributed by atoms with E-state index in [2.05, 4.69) is 45.0 Å². The van der Waals surface area contributed by atoms with Crippen LogP contribution in [-0.4, -0.2) is 37.0 Å². The Morgan fingerprint density at radius 3 is 2.87 bits per heavy atom. The summed E-state index contributed by atoms with van der Waals surface area (Å²) in [6, 6.07) is 11.5. The number of halogens is 2. The summed E-state index contributed by atoms with van der Waals surface area (Å²) in [5.74, 6) is 0.513. The first kappa shape index (κ1) is 18.6. The highest BCUT2D eigenvalue weighted by Gasteiger charge is 2.30. The molecule has 2 aliphatic heterocycles. The molecule has 0 amide bonds. The van der Waals surface area contributed by atoms with Gasteiger partial charge in [0, 0.05) is 16.5 Å². The van der Waals surface area contributed by atoms with Crippen LogP contribution in [0.4, 0.5) is 0 Å². The summed E-state index contributed by atoms with van der Waals surface area (Å²) in [5, 5.41) is 9.60. The molecule has 0 aliphatic carbocycles. The summed E-state index contributed by atoms with van der Waals surface area (Å²) in [5.41, 5.74) is 6.66. The second kappa shape index (κ2) is 6.93. The Kier molecular flexibility index (Phi) is 4.16. The van der Waals surface area contributed by atoms with Crippen LogP contribution in [0.2, 0.25) is 10.0 Å². The number of imidazole rings is 1. The summed E-state index contributed by atoms with van der Waals surface area (Å²) in [6.45, 7) is 2.46. The lowest BCUT2D eigenvalue weighted by molar-refractivity contribution is 0.319. The van der Waals surface area contributed by atoms with Crippen molar-refractivity contribution in [2.24, 2.45) is 4.99 Å². The van der Waals surface area contributed by atoms with Gasteiger partial charge in [-0.2, -0.15) is 0 Å². The number of benzene rings is 2. The van der Waals surface area contributed by atoms with Crippen molar-refractivity contribution in [3.63, 3.8) is 0 Å². The van der Waals surface area contributed by atoms with Gasteiger partial charge in [0.25, 0.3) is 0 Å². The number of ether oxygens (including phenoxy) is 1. The zero-order chi connectivity index (χ0) is 21.1. The van der Waals surface area contributed by atoms with Crippen LogP contribution < -0.4 is 0 Å². The lowest BCUT2D eigenvalue weighted by atomic mass is 10.1. The molecule has 0 radical (unpaired) electrons. The number of rotatable bonds is 2. The molecule has 2 aromatic carbocycles. The van der Waals surface area contributed by atoms with Crippen molar-refractivity contribution >= 4 is 29.1 Å². The maximum atomic E-state index is 6.39. The third kappa shape index (κ3) is 2.96. The maximum Gasteiger partial charge on any atom is 0.238 e. The molecule has 0 saturated heterocycles. The molecule has 4 heterocycles. The molecule has 0 unspecified atom stereocenters. The Morgan fingerprint density at radius 2 is 2.00 bits per heavy atom. The number of hydrogen-bond donors (Lipinski definition) is 0. The lowest BCUT2D eigenvalue weighted by Crippen LogP contribution is -2.08. The molecule has 2 aromatic heterocycles. The molecule has 0 fully saturated rings. The summed E-state index contributed by atoms with van der Waals surface area (Å²) in [4.78, 5) is 9.46. The van der Waals surface area contributed by atoms with Gasteiger partial charge in [0.1, 0.15) is 24.7 Å². The van der Waals surface area contributed by atoms with Gasteiger partial charge in [-0.25, -0.2) is 14.7 Å². The smallest absolute Gasteiger partial charge is 0.238 e. The molecule has 1 atom stereocenters. The second-order valence-corrected chi connectivity index (χ2v) is 8.49. The molecule has 4 aromatic rings. The van der Waals surface area contributed by atoms with E-state index in [4.69, 9.17) is 32.9 Å². The van der Waals surface area contributed by atoms with E-state index in [0.29, 0.717) is 34.7 Å². The number of nitrogens with zero attached hydrogens (tertiary/aromatic N) is 6. The maximum absolute atomic E-state index is 6.39. The van der Waals surface area contributed by atoms with Crippen LogP contribution in [0, 0.1) is 6.92 Å². The van der Waals surface area contributed by atoms with Gasteiger partial charge in [0.2, 0.25) is 5.90 Å². The third-order valence-electron chi connectivity index (χ3n) is 5.63. The fourth-order valence-electron chi connectivity index (χ4n) is 4.12. The second-order valence-electron chi connectivity index (χ2n) is 7.64. The van der Waals surface area contributed by atoms with Gasteiger partial charge in [0.05, 0.1) is 29.0 Å². The minimum atomic E-state index is -0.204. The van der Waals surface area contributed by atoms with Crippen molar-refractivity contribution in [3.8, 4) is 11.4 Å². The van der Waals surface area contributed by atoms with E-state index in [1.807, 2.05) is 23.1 Å². The Bertz CT molecular complexity index is 1370. The molecule has 31 heavy (non-hydrogen) atoms. The monoisotopic (exact) mass is 450 g/mol. The van der Waals surface area contributed by atoms with Crippen LogP contribution in [0.25, 0.3) is 11.4 Å². The number of aryl methyl sites for hydroxylation is 1. The summed E-state index contributed by atoms with van der Waals surface area (Å²) in [6.07, 6.45) is 4.20. The summed E-state index contributed by atoms with van der Waals surface area (Å²) >= 11 is 12.4. The standard InChI is InChI=1S/C22H16Cl2N6O/c1-12-2-5-18-19(6-12)30-14(9-26-28-30)8-20-21(25-11-29(18)20)22-27-17(10-31-22)15-4-3-13(23)7-16(15)24/h2-7,9,11,17H,8,10H2,1H3/t17-/m1/s1. The Balaban J connectivity index is 1.46. The van der Waals surface area contributed by atoms with Crippen LogP contribution >= 0.6 is 23.2 Å². The Morgan fingerprint density at radius 1 is 1.10 bits per heavy atom. The number of aromatic nitrogens is 5. The first-order valence-electron chi connectivity index (χ1n) is 9.81. The number of aliphatic imine (C=N–C) groups is 1. The quantitative estimate of drug-likeness (QED) is 0.397. The summed E-state index contributed by atoms with van der Waals surface area (Å²) < 4.78 is 9.94. The van der Waals surface area contributed by atoms with Gasteiger partial charge in [-0.1, -0.05) is 40.5 Å². The predicted molar refractivity (Wildman–Crippen MR) is 118 cm³/mol. The molecule has 9 heteroatoms. The third-order valence-corrected chi connectivity index (χ3v) is 6.19. The molecule has 0 spiro atoms. The fourth-order valence-corrected chi connectivity index (χ4v) is 4.66. The van der Waals surface area contributed by atoms with Gasteiger partial charge in [-0.3, -0.25) is 4.57 Å². The topological polar surface area (TPSA) is 70.1 Å². The highest BCUT2D eigenvalue weighted by Crippen LogP contribution is 2.34. The van der Waals surface area contributed by atoms with E-state index in [-0.39, 0.29) is 6.04 Å². The van der Waals surface area contributed by atoms with Crippen LogP contribution in [0.5, 0.6) is 0 Å². The van der Waals surface area contributed by atoms with Gasteiger partial charge in [0.15, 0.2) is 0 Å². The lowest BCUT2D eigenvalue weighted by Gasteiger charge is -2.10. The number of hydrogen-bond acceptors (Lipinski definition) is 5. The largest absolute Gasteiger partial charge is 0.474 e. The molecule has 154 valence electrons. The average molecular weight is 451 g/mol. The molecule has 0 N–H and O–H groups in total. The fraction of sp³-hybridized carbons (Fsp3) is 0.182. The molecule has 6 rings (SSSR count). The molecule has 7 nitrogen and oxygen atoms in total. The zero-order valence-corrected chi connectivity index (χ0v) is 18.0. The normalized spacial score (nSPS) is 16.7. The van der Waals surface area contributed by atoms with Gasteiger partial charge in [-0.05, 0) is 42.3 Å². The molecule has 0 saturated carbocycles. The Labute approximate surface area is 187 Å². The van der Waals surface area contributed by atoms with E-state index in [0.717, 1.165) is 33.9 Å². The van der Waals surface area contributed by atoms with Crippen LogP contribution in [0.3, 0.4) is 0 Å². The average Bonchev–Trinajstić information content (AvgIpc) is 3.47. The van der Waals surface area contributed by atoms with E-state index >= 15 is 0 Å². The van der Waals surface area contributed by atoms with Crippen molar-refractivity contribution in [1.29, 1.82) is 0 Å². The van der Waals surface area contributed by atoms with E-state index in [1.165, 1.54) is 0 Å². The highest BCUT2D eigenvalue weighted by molar-refractivity contribution is 6.35. The minimum Gasteiger partial charge on any atom is -0.474 e. The SMILES string of the molecule is Cc1ccc2c(c1)-n1nncc1Cc1c(C3=N[C@@H](c4ccc(Cl)cc4Cl)CO3)ncn1-2. The molecule has 2 aliphatic rings. The van der Waals surface area contributed by atoms with Gasteiger partial charge in [-0.15, -0.1) is 5.10 Å². The van der Waals surface area contributed by atoms with Crippen LogP contribution in [0.1, 0.15) is 34.3 Å². The van der Waals surface area contributed by atoms with E-state index < -0.39 is 0 Å². The van der Waals surface area contributed by atoms with Crippen molar-refractivity contribution < 1.29 is 4.74 Å². The molecule has 0 bridgehead atoms. The van der Waals surface area contributed by atoms with Gasteiger partial charge >= 0.3 is 0 Å². The van der Waals surface area contributed by atoms with E-state index in [9.17, 15) is 0 Å². The van der Waals surface area contributed by atoms with Gasteiger partial charge < -0.3 is 4.74 Å². The van der Waals surface area contributed by atoms with Crippen molar-refractivity contribution in [2.75, 3.05) is 6.61 Å². The summed E-state index contributed by atoms with van der Waals surface area (Å²) in [7, 11) is 0. The van der Waals surface area contributed by atoms with Crippen molar-refractivity contribution in [1.82, 2.24) is 24.5 Å². The zero-order valence-electron chi connectivity index (χ0n) is 16.5. The van der Waals surface area contributed by atoms with Crippen LogP contribution in [-0.2, 0) is 11.2 Å². The van der Waals surface area contributed by atoms with E-state index in [1.54, 1.807) is 12.3 Å². The highest BCUT2D eigenvalue weighted by atomic mass is 35.5.